The maximum absolute atomic E-state index is 12.8. The SMILES string of the molecule is NC(=O)c1ccc(NC(=O)CNC(=O)c2ccc(F)cc2)cc1. The predicted molar refractivity (Wildman–Crippen MR) is 82.3 cm³/mol. The Morgan fingerprint density at radius 2 is 1.48 bits per heavy atom. The molecule has 0 aliphatic heterocycles. The monoisotopic (exact) mass is 315 g/mol. The average Bonchev–Trinajstić information content (AvgIpc) is 2.54. The first-order chi connectivity index (χ1) is 11.0. The van der Waals surface area contributed by atoms with Crippen LogP contribution in [-0.2, 0) is 4.79 Å². The Balaban J connectivity index is 1.86. The minimum Gasteiger partial charge on any atom is -0.366 e. The van der Waals surface area contributed by atoms with Crippen LogP contribution in [0.3, 0.4) is 0 Å². The minimum atomic E-state index is -0.561. The van der Waals surface area contributed by atoms with Gasteiger partial charge in [0.15, 0.2) is 0 Å². The van der Waals surface area contributed by atoms with Gasteiger partial charge in [0.05, 0.1) is 6.54 Å². The second-order valence-corrected chi connectivity index (χ2v) is 4.68. The van der Waals surface area contributed by atoms with Crippen LogP contribution in [-0.4, -0.2) is 24.3 Å². The summed E-state index contributed by atoms with van der Waals surface area (Å²) in [5, 5.41) is 4.98. The Bertz CT molecular complexity index is 727. The zero-order valence-corrected chi connectivity index (χ0v) is 12.0. The maximum Gasteiger partial charge on any atom is 0.251 e. The lowest BCUT2D eigenvalue weighted by Crippen LogP contribution is -2.32. The number of benzene rings is 2. The molecule has 3 amide bonds. The molecular weight excluding hydrogens is 301 g/mol. The summed E-state index contributed by atoms with van der Waals surface area (Å²) in [5.74, 6) is -1.93. The van der Waals surface area contributed by atoms with Gasteiger partial charge < -0.3 is 16.4 Å². The number of nitrogens with one attached hydrogen (secondary N) is 2. The third kappa shape index (κ3) is 4.63. The van der Waals surface area contributed by atoms with Gasteiger partial charge in [-0.2, -0.15) is 0 Å². The topological polar surface area (TPSA) is 101 Å². The van der Waals surface area contributed by atoms with Crippen molar-refractivity contribution in [1.29, 1.82) is 0 Å². The quantitative estimate of drug-likeness (QED) is 0.775. The molecule has 23 heavy (non-hydrogen) atoms. The third-order valence-electron chi connectivity index (χ3n) is 2.97. The lowest BCUT2D eigenvalue weighted by molar-refractivity contribution is -0.115. The molecule has 0 aromatic heterocycles. The molecule has 7 heteroatoms. The van der Waals surface area contributed by atoms with Gasteiger partial charge in [0, 0.05) is 16.8 Å². The van der Waals surface area contributed by atoms with Crippen molar-refractivity contribution in [1.82, 2.24) is 5.32 Å². The fourth-order valence-electron chi connectivity index (χ4n) is 1.79. The highest BCUT2D eigenvalue weighted by Gasteiger charge is 2.08. The van der Waals surface area contributed by atoms with E-state index in [-0.39, 0.29) is 12.1 Å². The molecule has 2 aromatic rings. The highest BCUT2D eigenvalue weighted by Crippen LogP contribution is 2.09. The van der Waals surface area contributed by atoms with Crippen LogP contribution < -0.4 is 16.4 Å². The molecule has 0 saturated carbocycles. The molecule has 2 aromatic carbocycles. The van der Waals surface area contributed by atoms with E-state index >= 15 is 0 Å². The molecule has 2 rings (SSSR count). The standard InChI is InChI=1S/C16H14FN3O3/c17-12-5-1-11(2-6-12)16(23)19-9-14(21)20-13-7-3-10(4-8-13)15(18)22/h1-8H,9H2,(H2,18,22)(H,19,23)(H,20,21). The van der Waals surface area contributed by atoms with Crippen LogP contribution in [0.5, 0.6) is 0 Å². The molecule has 0 atom stereocenters. The number of halogens is 1. The summed E-state index contributed by atoms with van der Waals surface area (Å²) in [6, 6.07) is 11.0. The van der Waals surface area contributed by atoms with Crippen LogP contribution in [0.1, 0.15) is 20.7 Å². The molecule has 0 spiro atoms. The van der Waals surface area contributed by atoms with E-state index in [2.05, 4.69) is 10.6 Å². The molecule has 0 saturated heterocycles. The largest absolute Gasteiger partial charge is 0.366 e. The number of carbonyl (C=O) groups excluding carboxylic acids is 3. The number of rotatable bonds is 5. The predicted octanol–water partition coefficient (Wildman–Crippen LogP) is 1.29. The summed E-state index contributed by atoms with van der Waals surface area (Å²) >= 11 is 0. The summed E-state index contributed by atoms with van der Waals surface area (Å²) in [5.41, 5.74) is 6.16. The van der Waals surface area contributed by atoms with E-state index in [0.717, 1.165) is 12.1 Å². The van der Waals surface area contributed by atoms with Gasteiger partial charge in [-0.15, -0.1) is 0 Å². The summed E-state index contributed by atoms with van der Waals surface area (Å²) < 4.78 is 12.8. The Morgan fingerprint density at radius 3 is 2.04 bits per heavy atom. The molecule has 6 nitrogen and oxygen atoms in total. The zero-order chi connectivity index (χ0) is 16.8. The van der Waals surface area contributed by atoms with Gasteiger partial charge in [-0.1, -0.05) is 0 Å². The Kier molecular flexibility index (Phi) is 5.03. The van der Waals surface area contributed by atoms with E-state index in [1.807, 2.05) is 0 Å². The lowest BCUT2D eigenvalue weighted by atomic mass is 10.2. The summed E-state index contributed by atoms with van der Waals surface area (Å²) in [7, 11) is 0. The van der Waals surface area contributed by atoms with Crippen molar-refractivity contribution in [2.75, 3.05) is 11.9 Å². The first kappa shape index (κ1) is 16.2. The number of hydrogen-bond acceptors (Lipinski definition) is 3. The molecular formula is C16H14FN3O3. The molecule has 0 aliphatic rings. The Morgan fingerprint density at radius 1 is 0.913 bits per heavy atom. The van der Waals surface area contributed by atoms with Crippen LogP contribution in [0.25, 0.3) is 0 Å². The Labute approximate surface area is 131 Å². The van der Waals surface area contributed by atoms with E-state index in [9.17, 15) is 18.8 Å². The van der Waals surface area contributed by atoms with Crippen LogP contribution in [0, 0.1) is 5.82 Å². The molecule has 4 N–H and O–H groups in total. The number of carbonyl (C=O) groups is 3. The van der Waals surface area contributed by atoms with E-state index < -0.39 is 23.5 Å². The van der Waals surface area contributed by atoms with Crippen molar-refractivity contribution in [3.05, 3.63) is 65.5 Å². The number of hydrogen-bond donors (Lipinski definition) is 3. The highest BCUT2D eigenvalue weighted by molar-refractivity contribution is 5.99. The number of nitrogens with two attached hydrogens (primary N) is 1. The van der Waals surface area contributed by atoms with E-state index in [0.29, 0.717) is 11.3 Å². The van der Waals surface area contributed by atoms with Gasteiger partial charge in [0.25, 0.3) is 5.91 Å². The second-order valence-electron chi connectivity index (χ2n) is 4.68. The van der Waals surface area contributed by atoms with Gasteiger partial charge in [-0.25, -0.2) is 4.39 Å². The summed E-state index contributed by atoms with van der Waals surface area (Å²) in [4.78, 5) is 34.4. The van der Waals surface area contributed by atoms with Gasteiger partial charge in [-0.3, -0.25) is 14.4 Å². The molecule has 0 aliphatic carbocycles. The third-order valence-corrected chi connectivity index (χ3v) is 2.97. The van der Waals surface area contributed by atoms with Gasteiger partial charge in [-0.05, 0) is 48.5 Å². The van der Waals surface area contributed by atoms with Crippen molar-refractivity contribution in [2.24, 2.45) is 5.73 Å². The fraction of sp³-hybridized carbons (Fsp3) is 0.0625. The van der Waals surface area contributed by atoms with Crippen LogP contribution in [0.2, 0.25) is 0 Å². The molecule has 0 radical (unpaired) electrons. The fourth-order valence-corrected chi connectivity index (χ4v) is 1.79. The molecule has 118 valence electrons. The molecule has 0 bridgehead atoms. The van der Waals surface area contributed by atoms with Crippen LogP contribution >= 0.6 is 0 Å². The van der Waals surface area contributed by atoms with Crippen molar-refractivity contribution in [3.8, 4) is 0 Å². The normalized spacial score (nSPS) is 9.96. The number of anilines is 1. The molecule has 0 unspecified atom stereocenters. The highest BCUT2D eigenvalue weighted by atomic mass is 19.1. The van der Waals surface area contributed by atoms with Crippen molar-refractivity contribution in [3.63, 3.8) is 0 Å². The maximum atomic E-state index is 12.8. The summed E-state index contributed by atoms with van der Waals surface area (Å²) in [6.45, 7) is -0.242. The molecule has 0 fully saturated rings. The van der Waals surface area contributed by atoms with Gasteiger partial charge in [0.2, 0.25) is 11.8 Å². The molecule has 0 heterocycles. The van der Waals surface area contributed by atoms with Crippen molar-refractivity contribution < 1.29 is 18.8 Å². The van der Waals surface area contributed by atoms with Crippen molar-refractivity contribution in [2.45, 2.75) is 0 Å². The van der Waals surface area contributed by atoms with E-state index in [1.165, 1.54) is 36.4 Å². The zero-order valence-electron chi connectivity index (χ0n) is 12.0. The van der Waals surface area contributed by atoms with Crippen LogP contribution in [0.15, 0.2) is 48.5 Å². The Hall–Kier alpha value is -3.22. The van der Waals surface area contributed by atoms with E-state index in [4.69, 9.17) is 5.73 Å². The minimum absolute atomic E-state index is 0.242. The first-order valence-corrected chi connectivity index (χ1v) is 6.69. The summed E-state index contributed by atoms with van der Waals surface area (Å²) in [6.07, 6.45) is 0. The second kappa shape index (κ2) is 7.17. The lowest BCUT2D eigenvalue weighted by Gasteiger charge is -2.07. The van der Waals surface area contributed by atoms with E-state index in [1.54, 1.807) is 0 Å². The number of amides is 3. The average molecular weight is 315 g/mol. The van der Waals surface area contributed by atoms with Crippen molar-refractivity contribution >= 4 is 23.4 Å². The smallest absolute Gasteiger partial charge is 0.251 e. The van der Waals surface area contributed by atoms with Gasteiger partial charge in [0.1, 0.15) is 5.82 Å². The number of primary amides is 1. The first-order valence-electron chi connectivity index (χ1n) is 6.69. The van der Waals surface area contributed by atoms with Crippen LogP contribution in [0.4, 0.5) is 10.1 Å². The van der Waals surface area contributed by atoms with Gasteiger partial charge >= 0.3 is 0 Å².